The molecule has 0 unspecified atom stereocenters. The molecule has 0 aliphatic carbocycles. The molecule has 0 bridgehead atoms. The van der Waals surface area contributed by atoms with Gasteiger partial charge in [-0.1, -0.05) is 11.6 Å². The minimum atomic E-state index is -4.56. The maximum atomic E-state index is 13.4. The van der Waals surface area contributed by atoms with Crippen LogP contribution in [0.25, 0.3) is 0 Å². The van der Waals surface area contributed by atoms with E-state index >= 15 is 0 Å². The van der Waals surface area contributed by atoms with E-state index in [0.29, 0.717) is 6.07 Å². The van der Waals surface area contributed by atoms with Crippen LogP contribution < -0.4 is 10.6 Å². The van der Waals surface area contributed by atoms with Gasteiger partial charge < -0.3 is 10.6 Å². The second-order valence-corrected chi connectivity index (χ2v) is 5.13. The zero-order chi connectivity index (χ0) is 17.9. The number of rotatable bonds is 4. The molecule has 0 fully saturated rings. The van der Waals surface area contributed by atoms with Gasteiger partial charge in [0.25, 0.3) is 0 Å². The number of alkyl halides is 3. The van der Waals surface area contributed by atoms with E-state index in [2.05, 4.69) is 10.6 Å². The molecule has 2 N–H and O–H groups in total. The molecule has 0 radical (unpaired) electrons. The third-order valence-electron chi connectivity index (χ3n) is 2.94. The van der Waals surface area contributed by atoms with Crippen LogP contribution in [0.3, 0.4) is 0 Å². The fourth-order valence-corrected chi connectivity index (χ4v) is 1.98. The van der Waals surface area contributed by atoms with Gasteiger partial charge in [-0.25, -0.2) is 8.78 Å². The average Bonchev–Trinajstić information content (AvgIpc) is 2.48. The Balaban J connectivity index is 2.04. The third kappa shape index (κ3) is 4.58. The van der Waals surface area contributed by atoms with Crippen LogP contribution in [0, 0.1) is 11.6 Å². The summed E-state index contributed by atoms with van der Waals surface area (Å²) in [6, 6.07) is 5.18. The maximum absolute atomic E-state index is 13.4. The number of carbonyl (C=O) groups is 1. The summed E-state index contributed by atoms with van der Waals surface area (Å²) >= 11 is 5.77. The van der Waals surface area contributed by atoms with E-state index in [9.17, 15) is 26.7 Å². The van der Waals surface area contributed by atoms with Gasteiger partial charge >= 0.3 is 6.18 Å². The molecule has 0 saturated carbocycles. The van der Waals surface area contributed by atoms with Gasteiger partial charge in [0.2, 0.25) is 5.91 Å². The summed E-state index contributed by atoms with van der Waals surface area (Å²) in [5.74, 6) is -2.52. The summed E-state index contributed by atoms with van der Waals surface area (Å²) in [5.41, 5.74) is -1.28. The van der Waals surface area contributed by atoms with Crippen molar-refractivity contribution in [3.8, 4) is 0 Å². The molecule has 2 rings (SSSR count). The summed E-state index contributed by atoms with van der Waals surface area (Å²) in [6.45, 7) is -0.460. The van der Waals surface area contributed by atoms with Crippen molar-refractivity contribution in [1.29, 1.82) is 0 Å². The highest BCUT2D eigenvalue weighted by Gasteiger charge is 2.31. The quantitative estimate of drug-likeness (QED) is 0.773. The molecular weight excluding hydrogens is 355 g/mol. The molecule has 0 saturated heterocycles. The van der Waals surface area contributed by atoms with Crippen LogP contribution in [0.4, 0.5) is 33.3 Å². The number of carbonyl (C=O) groups excluding carboxylic acids is 1. The summed E-state index contributed by atoms with van der Waals surface area (Å²) in [4.78, 5) is 11.7. The van der Waals surface area contributed by atoms with E-state index in [4.69, 9.17) is 11.6 Å². The zero-order valence-corrected chi connectivity index (χ0v) is 12.6. The van der Waals surface area contributed by atoms with Crippen molar-refractivity contribution < 1.29 is 26.7 Å². The van der Waals surface area contributed by atoms with E-state index in [1.54, 1.807) is 0 Å². The van der Waals surface area contributed by atoms with Gasteiger partial charge in [-0.15, -0.1) is 0 Å². The average molecular weight is 365 g/mol. The van der Waals surface area contributed by atoms with E-state index in [0.717, 1.165) is 30.3 Å². The fourth-order valence-electron chi connectivity index (χ4n) is 1.80. The smallest absolute Gasteiger partial charge is 0.375 e. The minimum Gasteiger partial charge on any atom is -0.375 e. The van der Waals surface area contributed by atoms with Crippen LogP contribution >= 0.6 is 11.6 Å². The van der Waals surface area contributed by atoms with Crippen molar-refractivity contribution in [2.45, 2.75) is 6.18 Å². The molecule has 0 aromatic heterocycles. The van der Waals surface area contributed by atoms with Crippen molar-refractivity contribution >= 4 is 28.9 Å². The maximum Gasteiger partial charge on any atom is 0.416 e. The first-order valence-electron chi connectivity index (χ1n) is 6.52. The summed E-state index contributed by atoms with van der Waals surface area (Å²) < 4.78 is 64.1. The van der Waals surface area contributed by atoms with Gasteiger partial charge in [0.05, 0.1) is 28.5 Å². The first kappa shape index (κ1) is 18.0. The van der Waals surface area contributed by atoms with Crippen LogP contribution in [0.1, 0.15) is 5.56 Å². The summed E-state index contributed by atoms with van der Waals surface area (Å²) in [5, 5.41) is 4.59. The SMILES string of the molecule is O=C(CNc1cc(C(F)(F)F)ccc1Cl)Nc1ccc(F)cc1F. The van der Waals surface area contributed by atoms with E-state index in [1.807, 2.05) is 0 Å². The second kappa shape index (κ2) is 7.04. The topological polar surface area (TPSA) is 41.1 Å². The van der Waals surface area contributed by atoms with Crippen LogP contribution in [-0.2, 0) is 11.0 Å². The van der Waals surface area contributed by atoms with Gasteiger partial charge in [-0.2, -0.15) is 13.2 Å². The number of amides is 1. The largest absolute Gasteiger partial charge is 0.416 e. The first-order chi connectivity index (χ1) is 11.2. The highest BCUT2D eigenvalue weighted by atomic mass is 35.5. The molecule has 1 amide bonds. The van der Waals surface area contributed by atoms with Crippen LogP contribution in [0.5, 0.6) is 0 Å². The lowest BCUT2D eigenvalue weighted by Crippen LogP contribution is -2.22. The summed E-state index contributed by atoms with van der Waals surface area (Å²) in [7, 11) is 0. The molecule has 0 aliphatic heterocycles. The van der Waals surface area contributed by atoms with Crippen molar-refractivity contribution in [2.24, 2.45) is 0 Å². The Hall–Kier alpha value is -2.35. The van der Waals surface area contributed by atoms with E-state index < -0.39 is 35.8 Å². The van der Waals surface area contributed by atoms with Crippen molar-refractivity contribution in [2.75, 3.05) is 17.2 Å². The molecule has 0 atom stereocenters. The molecule has 0 aliphatic rings. The Labute approximate surface area is 138 Å². The number of hydrogen-bond donors (Lipinski definition) is 2. The molecule has 128 valence electrons. The van der Waals surface area contributed by atoms with Crippen molar-refractivity contribution in [3.63, 3.8) is 0 Å². The van der Waals surface area contributed by atoms with Gasteiger partial charge in [0, 0.05) is 6.07 Å². The van der Waals surface area contributed by atoms with E-state index in [-0.39, 0.29) is 16.4 Å². The molecule has 2 aromatic carbocycles. The lowest BCUT2D eigenvalue weighted by molar-refractivity contribution is -0.137. The monoisotopic (exact) mass is 364 g/mol. The number of hydrogen-bond acceptors (Lipinski definition) is 2. The first-order valence-corrected chi connectivity index (χ1v) is 6.90. The number of benzene rings is 2. The summed E-state index contributed by atoms with van der Waals surface area (Å²) in [6.07, 6.45) is -4.56. The Kier molecular flexibility index (Phi) is 5.28. The van der Waals surface area contributed by atoms with Crippen molar-refractivity contribution in [1.82, 2.24) is 0 Å². The van der Waals surface area contributed by atoms with Gasteiger partial charge in [-0.3, -0.25) is 4.79 Å². The Morgan fingerprint density at radius 3 is 2.38 bits per heavy atom. The molecule has 0 spiro atoms. The minimum absolute atomic E-state index is 0.0104. The highest BCUT2D eigenvalue weighted by molar-refractivity contribution is 6.33. The number of anilines is 2. The van der Waals surface area contributed by atoms with Gasteiger partial charge in [0.15, 0.2) is 0 Å². The van der Waals surface area contributed by atoms with Crippen LogP contribution in [0.15, 0.2) is 36.4 Å². The molecule has 3 nitrogen and oxygen atoms in total. The highest BCUT2D eigenvalue weighted by Crippen LogP contribution is 2.33. The Morgan fingerprint density at radius 2 is 1.75 bits per heavy atom. The van der Waals surface area contributed by atoms with Crippen molar-refractivity contribution in [3.05, 3.63) is 58.6 Å². The standard InChI is InChI=1S/C15H10ClF5N2O/c16-10-3-1-8(15(19,20)21)5-13(10)22-7-14(24)23-12-4-2-9(17)6-11(12)18/h1-6,22H,7H2,(H,23,24). The Bertz CT molecular complexity index is 764. The van der Waals surface area contributed by atoms with Gasteiger partial charge in [0.1, 0.15) is 11.6 Å². The normalized spacial score (nSPS) is 11.2. The third-order valence-corrected chi connectivity index (χ3v) is 3.27. The van der Waals surface area contributed by atoms with E-state index in [1.165, 1.54) is 0 Å². The molecule has 24 heavy (non-hydrogen) atoms. The van der Waals surface area contributed by atoms with Crippen LogP contribution in [-0.4, -0.2) is 12.5 Å². The number of halogens is 6. The predicted octanol–water partition coefficient (Wildman–Crippen LogP) is 4.69. The molecule has 9 heteroatoms. The number of nitrogens with one attached hydrogen (secondary N) is 2. The molecule has 2 aromatic rings. The predicted molar refractivity (Wildman–Crippen MR) is 79.9 cm³/mol. The second-order valence-electron chi connectivity index (χ2n) is 4.72. The fraction of sp³-hybridized carbons (Fsp3) is 0.133. The lowest BCUT2D eigenvalue weighted by Gasteiger charge is -2.12. The molecular formula is C15H10ClF5N2O. The Morgan fingerprint density at radius 1 is 1.04 bits per heavy atom. The zero-order valence-electron chi connectivity index (χ0n) is 11.8. The van der Waals surface area contributed by atoms with Crippen LogP contribution in [0.2, 0.25) is 5.02 Å². The van der Waals surface area contributed by atoms with Gasteiger partial charge in [-0.05, 0) is 30.3 Å². The molecule has 0 heterocycles. The lowest BCUT2D eigenvalue weighted by atomic mass is 10.2.